The van der Waals surface area contributed by atoms with Crippen molar-refractivity contribution in [1.29, 1.82) is 4.78 Å². The lowest BCUT2D eigenvalue weighted by molar-refractivity contribution is -0.143. The molecule has 4 N–H and O–H groups in total. The van der Waals surface area contributed by atoms with E-state index in [1.54, 1.807) is 45.0 Å². The maximum atomic E-state index is 13.5. The zero-order chi connectivity index (χ0) is 26.1. The monoisotopic (exact) mass is 503 g/mol. The lowest BCUT2D eigenvalue weighted by Crippen LogP contribution is -2.49. The number of carboxylic acids is 1. The van der Waals surface area contributed by atoms with Crippen molar-refractivity contribution in [3.05, 3.63) is 46.4 Å². The maximum absolute atomic E-state index is 13.5. The van der Waals surface area contributed by atoms with Gasteiger partial charge in [-0.2, -0.15) is 4.98 Å². The van der Waals surface area contributed by atoms with E-state index in [1.165, 1.54) is 11.6 Å². The van der Waals surface area contributed by atoms with Gasteiger partial charge in [-0.25, -0.2) is 32.9 Å². The van der Waals surface area contributed by atoms with E-state index >= 15 is 0 Å². The second kappa shape index (κ2) is 9.86. The second-order valence-corrected chi connectivity index (χ2v) is 10.7. The van der Waals surface area contributed by atoms with Crippen LogP contribution < -0.4 is 11.4 Å². The Hall–Kier alpha value is -3.74. The van der Waals surface area contributed by atoms with Gasteiger partial charge in [0, 0.05) is 12.8 Å². The number of nitrogen functional groups attached to an aromatic ring is 1. The molecule has 12 nitrogen and oxygen atoms in total. The van der Waals surface area contributed by atoms with E-state index < -0.39 is 39.4 Å². The summed E-state index contributed by atoms with van der Waals surface area (Å²) in [5, 5.41) is 9.31. The SMILES string of the molecule is CCCS(=N)(=O)c1nc(N)c2c(n1)n(Cc1ccccc1)c(=O)n2C(=O)N(C)[C@H](C(=O)O)C(C)C. The molecule has 1 aromatic carbocycles. The van der Waals surface area contributed by atoms with E-state index in [1.807, 2.05) is 6.07 Å². The molecule has 13 heteroatoms. The number of carboxylic acid groups (broad SMARTS) is 1. The van der Waals surface area contributed by atoms with Crippen LogP contribution in [0, 0.1) is 10.7 Å². The fraction of sp³-hybridized carbons (Fsp3) is 0.409. The molecule has 2 aromatic heterocycles. The number of amides is 1. The second-order valence-electron chi connectivity index (χ2n) is 8.55. The van der Waals surface area contributed by atoms with E-state index in [2.05, 4.69) is 9.97 Å². The summed E-state index contributed by atoms with van der Waals surface area (Å²) in [5.74, 6) is -1.98. The van der Waals surface area contributed by atoms with Crippen LogP contribution in [0.4, 0.5) is 10.6 Å². The molecular formula is C22H29N7O5S. The summed E-state index contributed by atoms with van der Waals surface area (Å²) in [6.45, 7) is 5.06. The first-order chi connectivity index (χ1) is 16.4. The van der Waals surface area contributed by atoms with Gasteiger partial charge >= 0.3 is 17.7 Å². The molecule has 2 atom stereocenters. The van der Waals surface area contributed by atoms with Crippen molar-refractivity contribution < 1.29 is 18.9 Å². The summed E-state index contributed by atoms with van der Waals surface area (Å²) in [4.78, 5) is 48.0. The number of nitrogens with one attached hydrogen (secondary N) is 1. The Morgan fingerprint density at radius 2 is 1.86 bits per heavy atom. The molecule has 0 fully saturated rings. The number of fused-ring (bicyclic) bond motifs is 1. The Balaban J connectivity index is 2.31. The minimum Gasteiger partial charge on any atom is -0.480 e. The number of anilines is 1. The molecular weight excluding hydrogens is 474 g/mol. The first-order valence-corrected chi connectivity index (χ1v) is 12.7. The predicted molar refractivity (Wildman–Crippen MR) is 131 cm³/mol. The topological polar surface area (TPSA) is 177 Å². The van der Waals surface area contributed by atoms with Crippen LogP contribution in [-0.4, -0.2) is 64.2 Å². The number of nitrogens with zero attached hydrogens (tertiary/aromatic N) is 5. The molecule has 0 bridgehead atoms. The molecule has 35 heavy (non-hydrogen) atoms. The largest absolute Gasteiger partial charge is 0.480 e. The number of aromatic nitrogens is 4. The summed E-state index contributed by atoms with van der Waals surface area (Å²) in [6.07, 6.45) is 0.441. The van der Waals surface area contributed by atoms with Crippen LogP contribution in [0.3, 0.4) is 0 Å². The lowest BCUT2D eigenvalue weighted by atomic mass is 10.0. The van der Waals surface area contributed by atoms with E-state index in [4.69, 9.17) is 10.5 Å². The van der Waals surface area contributed by atoms with Crippen molar-refractivity contribution in [3.8, 4) is 0 Å². The summed E-state index contributed by atoms with van der Waals surface area (Å²) in [5.41, 5.74) is 5.86. The zero-order valence-electron chi connectivity index (χ0n) is 20.0. The Kier molecular flexibility index (Phi) is 7.29. The van der Waals surface area contributed by atoms with Crippen molar-refractivity contribution in [2.24, 2.45) is 5.92 Å². The standard InChI is InChI=1S/C22H29N7O5S/c1-5-11-35(24,34)20-25-17(23)16-18(26-20)28(12-14-9-7-6-8-10-14)22(33)29(16)21(32)27(4)15(13(2)3)19(30)31/h6-10,13,15,24H,5,11-12H2,1-4H3,(H,30,31)(H2,23,25,26)/t15-,35?/m0/s1. The van der Waals surface area contributed by atoms with Gasteiger partial charge in [0.1, 0.15) is 21.3 Å². The van der Waals surface area contributed by atoms with Crippen molar-refractivity contribution in [2.45, 2.75) is 44.9 Å². The van der Waals surface area contributed by atoms with Gasteiger partial charge in [-0.05, 0) is 17.9 Å². The highest BCUT2D eigenvalue weighted by atomic mass is 32.2. The van der Waals surface area contributed by atoms with E-state index in [9.17, 15) is 23.7 Å². The third kappa shape index (κ3) is 4.90. The summed E-state index contributed by atoms with van der Waals surface area (Å²) in [6, 6.07) is 6.80. The van der Waals surface area contributed by atoms with Crippen LogP contribution in [0.1, 0.15) is 32.8 Å². The van der Waals surface area contributed by atoms with Crippen LogP contribution in [0.2, 0.25) is 0 Å². The summed E-state index contributed by atoms with van der Waals surface area (Å²) in [7, 11) is -2.10. The molecule has 188 valence electrons. The average molecular weight is 504 g/mol. The number of carbonyl (C=O) groups excluding carboxylic acids is 1. The van der Waals surface area contributed by atoms with Gasteiger partial charge in [0.25, 0.3) is 0 Å². The van der Waals surface area contributed by atoms with Crippen LogP contribution in [0.5, 0.6) is 0 Å². The third-order valence-electron chi connectivity index (χ3n) is 5.54. The van der Waals surface area contributed by atoms with Crippen LogP contribution in [0.15, 0.2) is 40.3 Å². The van der Waals surface area contributed by atoms with Crippen LogP contribution in [0.25, 0.3) is 11.2 Å². The van der Waals surface area contributed by atoms with Crippen molar-refractivity contribution in [3.63, 3.8) is 0 Å². The molecule has 0 aliphatic heterocycles. The molecule has 0 aliphatic carbocycles. The number of likely N-dealkylation sites (N-methyl/N-ethyl adjacent to an activating group) is 1. The fourth-order valence-electron chi connectivity index (χ4n) is 3.94. The molecule has 3 rings (SSSR count). The maximum Gasteiger partial charge on any atom is 0.339 e. The van der Waals surface area contributed by atoms with Gasteiger partial charge in [0.2, 0.25) is 5.16 Å². The Morgan fingerprint density at radius 1 is 1.23 bits per heavy atom. The Bertz CT molecular complexity index is 1430. The number of nitrogens with two attached hydrogens (primary N) is 1. The zero-order valence-corrected chi connectivity index (χ0v) is 20.8. The highest BCUT2D eigenvalue weighted by Crippen LogP contribution is 2.23. The smallest absolute Gasteiger partial charge is 0.339 e. The number of aliphatic carboxylic acids is 1. The van der Waals surface area contributed by atoms with Gasteiger partial charge in [-0.1, -0.05) is 51.1 Å². The highest BCUT2D eigenvalue weighted by molar-refractivity contribution is 7.92. The van der Waals surface area contributed by atoms with E-state index in [0.29, 0.717) is 6.42 Å². The molecule has 0 saturated carbocycles. The summed E-state index contributed by atoms with van der Waals surface area (Å²) >= 11 is 0. The summed E-state index contributed by atoms with van der Waals surface area (Å²) < 4.78 is 23.0. The van der Waals surface area contributed by atoms with Crippen LogP contribution >= 0.6 is 0 Å². The molecule has 0 spiro atoms. The molecule has 1 unspecified atom stereocenters. The minimum atomic E-state index is -3.39. The van der Waals surface area contributed by atoms with Gasteiger partial charge in [-0.3, -0.25) is 4.57 Å². The minimum absolute atomic E-state index is 0.00206. The molecule has 0 saturated heterocycles. The number of benzene rings is 1. The van der Waals surface area contributed by atoms with E-state index in [-0.39, 0.29) is 34.4 Å². The lowest BCUT2D eigenvalue weighted by Gasteiger charge is -2.27. The first kappa shape index (κ1) is 25.9. The molecule has 0 aliphatic rings. The quantitative estimate of drug-likeness (QED) is 0.391. The van der Waals surface area contributed by atoms with Crippen molar-refractivity contribution >= 4 is 38.7 Å². The van der Waals surface area contributed by atoms with E-state index in [0.717, 1.165) is 15.0 Å². The van der Waals surface area contributed by atoms with Gasteiger partial charge in [0.05, 0.1) is 6.54 Å². The van der Waals surface area contributed by atoms with Crippen LogP contribution in [-0.2, 0) is 21.1 Å². The number of carbonyl (C=O) groups is 2. The number of hydrogen-bond acceptors (Lipinski definition) is 8. The van der Waals surface area contributed by atoms with Gasteiger partial charge in [-0.15, -0.1) is 0 Å². The Labute approximate surface area is 202 Å². The van der Waals surface area contributed by atoms with Gasteiger partial charge in [0.15, 0.2) is 11.5 Å². The fourth-order valence-corrected chi connectivity index (χ4v) is 5.17. The number of hydrogen-bond donors (Lipinski definition) is 3. The Morgan fingerprint density at radius 3 is 2.40 bits per heavy atom. The molecule has 2 heterocycles. The first-order valence-electron chi connectivity index (χ1n) is 11.0. The van der Waals surface area contributed by atoms with Crippen molar-refractivity contribution in [2.75, 3.05) is 18.5 Å². The molecule has 0 radical (unpaired) electrons. The normalized spacial score (nSPS) is 14.1. The highest BCUT2D eigenvalue weighted by Gasteiger charge is 2.34. The molecule has 3 aromatic rings. The third-order valence-corrected chi connectivity index (χ3v) is 7.29. The predicted octanol–water partition coefficient (Wildman–Crippen LogP) is 2.05. The van der Waals surface area contributed by atoms with Crippen molar-refractivity contribution in [1.82, 2.24) is 24.0 Å². The number of imidazole rings is 1. The number of rotatable bonds is 8. The molecule has 1 amide bonds. The van der Waals surface area contributed by atoms with Gasteiger partial charge < -0.3 is 15.7 Å². The average Bonchev–Trinajstić information content (AvgIpc) is 3.05.